The third-order valence-corrected chi connectivity index (χ3v) is 4.87. The Bertz CT molecular complexity index is 619. The molecule has 1 aliphatic rings. The Morgan fingerprint density at radius 1 is 1.16 bits per heavy atom. The van der Waals surface area contributed by atoms with Gasteiger partial charge in [-0.2, -0.15) is 0 Å². The average Bonchev–Trinajstić information content (AvgIpc) is 2.79. The van der Waals surface area contributed by atoms with Gasteiger partial charge in [0, 0.05) is 29.3 Å². The van der Waals surface area contributed by atoms with E-state index in [4.69, 9.17) is 10.7 Å². The zero-order chi connectivity index (χ0) is 14.2. The highest BCUT2D eigenvalue weighted by molar-refractivity contribution is 8.13. The lowest BCUT2D eigenvalue weighted by atomic mass is 10.0. The van der Waals surface area contributed by atoms with Crippen molar-refractivity contribution in [3.8, 4) is 0 Å². The van der Waals surface area contributed by atoms with Gasteiger partial charge in [-0.3, -0.25) is 4.79 Å². The van der Waals surface area contributed by atoms with Crippen LogP contribution in [0.4, 0.5) is 0 Å². The summed E-state index contributed by atoms with van der Waals surface area (Å²) in [5, 5.41) is 0. The first-order valence-electron chi connectivity index (χ1n) is 6.16. The number of halogens is 1. The van der Waals surface area contributed by atoms with Gasteiger partial charge in [0.1, 0.15) is 0 Å². The van der Waals surface area contributed by atoms with Crippen molar-refractivity contribution in [3.05, 3.63) is 28.8 Å². The molecule has 0 spiro atoms. The van der Waals surface area contributed by atoms with Gasteiger partial charge in [-0.25, -0.2) is 8.42 Å². The minimum Gasteiger partial charge on any atom is -0.339 e. The molecule has 0 radical (unpaired) electrons. The van der Waals surface area contributed by atoms with Crippen LogP contribution in [0.3, 0.4) is 0 Å². The maximum atomic E-state index is 12.3. The number of nitrogens with zero attached hydrogens (tertiary/aromatic N) is 1. The predicted octanol–water partition coefficient (Wildman–Crippen LogP) is 2.47. The second kappa shape index (κ2) is 5.13. The van der Waals surface area contributed by atoms with Gasteiger partial charge in [-0.15, -0.1) is 0 Å². The Kier molecular flexibility index (Phi) is 3.87. The lowest BCUT2D eigenvalue weighted by molar-refractivity contribution is 0.0792. The minimum atomic E-state index is -3.83. The molecule has 0 atom stereocenters. The van der Waals surface area contributed by atoms with Crippen LogP contribution in [0.5, 0.6) is 0 Å². The summed E-state index contributed by atoms with van der Waals surface area (Å²) in [5.41, 5.74) is 1.76. The van der Waals surface area contributed by atoms with Crippen LogP contribution in [-0.4, -0.2) is 32.3 Å². The highest BCUT2D eigenvalue weighted by Gasteiger charge is 2.24. The Labute approximate surface area is 117 Å². The minimum absolute atomic E-state index is 0.0160. The zero-order valence-corrected chi connectivity index (χ0v) is 12.5. The molecule has 0 saturated carbocycles. The molecular weight excluding hydrogens is 286 g/mol. The maximum Gasteiger partial charge on any atom is 0.261 e. The highest BCUT2D eigenvalue weighted by Crippen LogP contribution is 2.25. The van der Waals surface area contributed by atoms with E-state index in [-0.39, 0.29) is 10.8 Å². The number of hydrogen-bond acceptors (Lipinski definition) is 3. The number of aryl methyl sites for hydroxylation is 2. The molecule has 1 amide bonds. The molecule has 6 heteroatoms. The fourth-order valence-corrected chi connectivity index (χ4v) is 3.62. The summed E-state index contributed by atoms with van der Waals surface area (Å²) in [6.45, 7) is 4.94. The molecule has 0 aliphatic carbocycles. The van der Waals surface area contributed by atoms with Crippen LogP contribution in [0.1, 0.15) is 34.3 Å². The molecule has 19 heavy (non-hydrogen) atoms. The molecule has 1 aromatic carbocycles. The largest absolute Gasteiger partial charge is 0.339 e. The van der Waals surface area contributed by atoms with Gasteiger partial charge in [-0.1, -0.05) is 6.07 Å². The topological polar surface area (TPSA) is 54.5 Å². The SMILES string of the molecule is Cc1cc(C)c(S(=O)(=O)Cl)cc1C(=O)N1CCCC1. The monoisotopic (exact) mass is 301 g/mol. The number of carbonyl (C=O) groups excluding carboxylic acids is 1. The standard InChI is InChI=1S/C13H16ClNO3S/c1-9-7-10(2)12(19(14,17)18)8-11(9)13(16)15-5-3-4-6-15/h7-8H,3-6H2,1-2H3. The molecule has 0 bridgehead atoms. The normalized spacial score (nSPS) is 15.8. The quantitative estimate of drug-likeness (QED) is 0.789. The molecule has 1 saturated heterocycles. The summed E-state index contributed by atoms with van der Waals surface area (Å²) in [6.07, 6.45) is 1.99. The van der Waals surface area contributed by atoms with Gasteiger partial charge in [-0.05, 0) is 43.9 Å². The number of hydrogen-bond donors (Lipinski definition) is 0. The van der Waals surface area contributed by atoms with Gasteiger partial charge in [0.05, 0.1) is 4.90 Å². The first-order chi connectivity index (χ1) is 8.80. The Balaban J connectivity index is 2.48. The molecular formula is C13H16ClNO3S. The summed E-state index contributed by atoms with van der Waals surface area (Å²) < 4.78 is 23.0. The van der Waals surface area contributed by atoms with E-state index in [0.29, 0.717) is 11.1 Å². The van der Waals surface area contributed by atoms with Crippen molar-refractivity contribution in [1.29, 1.82) is 0 Å². The summed E-state index contributed by atoms with van der Waals surface area (Å²) in [7, 11) is 1.57. The van der Waals surface area contributed by atoms with Crippen molar-refractivity contribution in [2.45, 2.75) is 31.6 Å². The molecule has 1 fully saturated rings. The lowest BCUT2D eigenvalue weighted by Crippen LogP contribution is -2.28. The van der Waals surface area contributed by atoms with Gasteiger partial charge < -0.3 is 4.90 Å². The third-order valence-electron chi connectivity index (χ3n) is 3.41. The van der Waals surface area contributed by atoms with Crippen molar-refractivity contribution >= 4 is 25.6 Å². The van der Waals surface area contributed by atoms with Crippen LogP contribution < -0.4 is 0 Å². The van der Waals surface area contributed by atoms with Crippen LogP contribution in [0.2, 0.25) is 0 Å². The Hall–Kier alpha value is -1.07. The van der Waals surface area contributed by atoms with E-state index in [2.05, 4.69) is 0 Å². The molecule has 4 nitrogen and oxygen atoms in total. The zero-order valence-electron chi connectivity index (χ0n) is 10.9. The van der Waals surface area contributed by atoms with Crippen molar-refractivity contribution in [3.63, 3.8) is 0 Å². The van der Waals surface area contributed by atoms with Crippen molar-refractivity contribution in [2.24, 2.45) is 0 Å². The van der Waals surface area contributed by atoms with E-state index in [1.165, 1.54) is 6.07 Å². The van der Waals surface area contributed by atoms with Crippen molar-refractivity contribution in [1.82, 2.24) is 4.90 Å². The Morgan fingerprint density at radius 3 is 2.26 bits per heavy atom. The van der Waals surface area contributed by atoms with Crippen LogP contribution in [0.15, 0.2) is 17.0 Å². The molecule has 0 unspecified atom stereocenters. The highest BCUT2D eigenvalue weighted by atomic mass is 35.7. The number of benzene rings is 1. The Morgan fingerprint density at radius 2 is 1.74 bits per heavy atom. The molecule has 1 heterocycles. The number of likely N-dealkylation sites (tertiary alicyclic amines) is 1. The summed E-state index contributed by atoms with van der Waals surface area (Å²) in [5.74, 6) is -0.114. The molecule has 2 rings (SSSR count). The second-order valence-electron chi connectivity index (χ2n) is 4.87. The van der Waals surface area contributed by atoms with Gasteiger partial charge in [0.15, 0.2) is 0 Å². The summed E-state index contributed by atoms with van der Waals surface area (Å²) >= 11 is 0. The van der Waals surface area contributed by atoms with Crippen LogP contribution in [0.25, 0.3) is 0 Å². The first kappa shape index (κ1) is 14.3. The predicted molar refractivity (Wildman–Crippen MR) is 74.1 cm³/mol. The summed E-state index contributed by atoms with van der Waals surface area (Å²) in [6, 6.07) is 3.09. The number of amides is 1. The number of carbonyl (C=O) groups is 1. The van der Waals surface area contributed by atoms with E-state index in [0.717, 1.165) is 31.5 Å². The molecule has 1 aromatic rings. The van der Waals surface area contributed by atoms with Crippen LogP contribution in [0, 0.1) is 13.8 Å². The smallest absolute Gasteiger partial charge is 0.261 e. The van der Waals surface area contributed by atoms with E-state index < -0.39 is 9.05 Å². The van der Waals surface area contributed by atoms with Crippen molar-refractivity contribution in [2.75, 3.05) is 13.1 Å². The second-order valence-corrected chi connectivity index (χ2v) is 7.40. The lowest BCUT2D eigenvalue weighted by Gasteiger charge is -2.17. The number of rotatable bonds is 2. The first-order valence-corrected chi connectivity index (χ1v) is 8.47. The third kappa shape index (κ3) is 2.92. The van der Waals surface area contributed by atoms with Crippen LogP contribution in [-0.2, 0) is 9.05 Å². The van der Waals surface area contributed by atoms with E-state index >= 15 is 0 Å². The molecule has 0 aromatic heterocycles. The molecule has 104 valence electrons. The van der Waals surface area contributed by atoms with Crippen LogP contribution >= 0.6 is 10.7 Å². The fraction of sp³-hybridized carbons (Fsp3) is 0.462. The van der Waals surface area contributed by atoms with Crippen molar-refractivity contribution < 1.29 is 13.2 Å². The van der Waals surface area contributed by atoms with Gasteiger partial charge in [0.2, 0.25) is 0 Å². The maximum absolute atomic E-state index is 12.3. The average molecular weight is 302 g/mol. The van der Waals surface area contributed by atoms with Gasteiger partial charge >= 0.3 is 0 Å². The van der Waals surface area contributed by atoms with E-state index in [9.17, 15) is 13.2 Å². The van der Waals surface area contributed by atoms with E-state index in [1.54, 1.807) is 24.8 Å². The van der Waals surface area contributed by atoms with Gasteiger partial charge in [0.25, 0.3) is 15.0 Å². The fourth-order valence-electron chi connectivity index (χ4n) is 2.42. The van der Waals surface area contributed by atoms with E-state index in [1.807, 2.05) is 0 Å². The molecule has 0 N–H and O–H groups in total. The molecule has 1 aliphatic heterocycles. The summed E-state index contributed by atoms with van der Waals surface area (Å²) in [4.78, 5) is 14.1.